The molecule has 2 unspecified atom stereocenters. The van der Waals surface area contributed by atoms with E-state index >= 15 is 4.39 Å². The number of benzene rings is 2. The van der Waals surface area contributed by atoms with Crippen LogP contribution in [-0.2, 0) is 26.0 Å². The molecule has 3 fully saturated rings. The van der Waals surface area contributed by atoms with Crippen molar-refractivity contribution < 1.29 is 41.0 Å². The van der Waals surface area contributed by atoms with Crippen LogP contribution in [-0.4, -0.2) is 79.0 Å². The van der Waals surface area contributed by atoms with E-state index in [2.05, 4.69) is 16.0 Å². The second kappa shape index (κ2) is 13.9. The Morgan fingerprint density at radius 3 is 2.57 bits per heavy atom. The Balaban J connectivity index is 1.43. The van der Waals surface area contributed by atoms with E-state index in [4.69, 9.17) is 4.74 Å². The molecule has 0 aliphatic carbocycles. The summed E-state index contributed by atoms with van der Waals surface area (Å²) in [5.74, 6) is -4.58. The lowest BCUT2D eigenvalue weighted by Crippen LogP contribution is -2.57. The van der Waals surface area contributed by atoms with E-state index in [9.17, 15) is 31.9 Å². The van der Waals surface area contributed by atoms with Gasteiger partial charge in [0.1, 0.15) is 11.9 Å². The molecule has 0 radical (unpaired) electrons. The average molecular weight is 667 g/mol. The van der Waals surface area contributed by atoms with Gasteiger partial charge in [0.25, 0.3) is 0 Å². The van der Waals surface area contributed by atoms with Crippen molar-refractivity contribution >= 4 is 27.7 Å². The molecule has 252 valence electrons. The van der Waals surface area contributed by atoms with E-state index in [0.29, 0.717) is 44.5 Å². The van der Waals surface area contributed by atoms with Crippen LogP contribution in [0.5, 0.6) is 0 Å². The van der Waals surface area contributed by atoms with Gasteiger partial charge in [-0.1, -0.05) is 12.1 Å². The maximum Gasteiger partial charge on any atom is 0.405 e. The van der Waals surface area contributed by atoms with E-state index < -0.39 is 63.1 Å². The lowest BCUT2D eigenvalue weighted by Gasteiger charge is -2.41. The number of rotatable bonds is 9. The van der Waals surface area contributed by atoms with Gasteiger partial charge in [-0.25, -0.2) is 26.4 Å². The third-order valence-corrected chi connectivity index (χ3v) is 11.3. The molecule has 0 aromatic heterocycles. The van der Waals surface area contributed by atoms with Gasteiger partial charge in [-0.3, -0.25) is 4.79 Å². The lowest BCUT2D eigenvalue weighted by atomic mass is 9.73. The van der Waals surface area contributed by atoms with Gasteiger partial charge in [0, 0.05) is 48.9 Å². The topological polar surface area (TPSA) is 137 Å². The Morgan fingerprint density at radius 1 is 1.13 bits per heavy atom. The molecular weight excluding hydrogens is 625 g/mol. The molecule has 0 spiro atoms. The van der Waals surface area contributed by atoms with Crippen molar-refractivity contribution in [2.75, 3.05) is 30.8 Å². The average Bonchev–Trinajstić information content (AvgIpc) is 3.10. The van der Waals surface area contributed by atoms with Gasteiger partial charge in [0.2, 0.25) is 15.9 Å². The van der Waals surface area contributed by atoms with E-state index in [1.165, 1.54) is 34.6 Å². The first-order chi connectivity index (χ1) is 21.7. The molecule has 3 aliphatic heterocycles. The van der Waals surface area contributed by atoms with Gasteiger partial charge in [0.05, 0.1) is 11.4 Å². The fourth-order valence-electron chi connectivity index (χ4n) is 7.18. The molecule has 0 saturated carbocycles. The van der Waals surface area contributed by atoms with Crippen molar-refractivity contribution in [1.82, 2.24) is 14.9 Å². The maximum atomic E-state index is 15.4. The van der Waals surface area contributed by atoms with Crippen molar-refractivity contribution in [2.24, 2.45) is 5.92 Å². The van der Waals surface area contributed by atoms with Crippen molar-refractivity contribution in [1.29, 1.82) is 0 Å². The van der Waals surface area contributed by atoms with Crippen LogP contribution in [0.4, 0.5) is 23.7 Å². The molecule has 2 aromatic rings. The highest BCUT2D eigenvalue weighted by Gasteiger charge is 2.42. The maximum absolute atomic E-state index is 15.4. The highest BCUT2D eigenvalue weighted by Crippen LogP contribution is 2.41. The fourth-order valence-corrected chi connectivity index (χ4v) is 8.99. The second-order valence-corrected chi connectivity index (χ2v) is 15.1. The van der Waals surface area contributed by atoms with E-state index in [1.54, 1.807) is 0 Å². The minimum absolute atomic E-state index is 0.0226. The summed E-state index contributed by atoms with van der Waals surface area (Å²) < 4.78 is 77.0. The lowest BCUT2D eigenvalue weighted by molar-refractivity contribution is -0.120. The van der Waals surface area contributed by atoms with Crippen molar-refractivity contribution in [3.8, 4) is 0 Å². The Labute approximate surface area is 267 Å². The number of hydrogen-bond donors (Lipinski definition) is 4. The first-order valence-electron chi connectivity index (χ1n) is 15.6. The number of carbonyl (C=O) groups is 2. The molecule has 3 saturated heterocycles. The number of piperazine rings is 1. The first-order valence-corrected chi connectivity index (χ1v) is 17.2. The number of carbonyl (C=O) groups excluding carboxylic acids is 1. The predicted molar refractivity (Wildman–Crippen MR) is 165 cm³/mol. The standard InChI is InChI=1S/C32H41F3N4O6S/c1-32(2)16-20(13-14-45-32)27(19-5-7-21(33)8-6-19)29(38-31(41)42)30(40)37-26-12-11-25(34)28(35)24(26)10-9-23-17-36-22-4-3-15-46(43,44)39(23)18-22/h5-8,11-12,20,22-23,27,29,36,38H,3-4,9-10,13-18H2,1-2H3,(H,37,40)(H,41,42)/t20?,22-,23+,27+,29+/m1/s1. The summed E-state index contributed by atoms with van der Waals surface area (Å²) in [6.07, 6.45) is 0.851. The van der Waals surface area contributed by atoms with Crippen LogP contribution >= 0.6 is 0 Å². The molecule has 2 aromatic carbocycles. The summed E-state index contributed by atoms with van der Waals surface area (Å²) >= 11 is 0. The summed E-state index contributed by atoms with van der Waals surface area (Å²) in [5.41, 5.74) is -0.229. The number of nitrogens with one attached hydrogen (secondary N) is 3. The highest BCUT2D eigenvalue weighted by atomic mass is 32.2. The number of halogens is 3. The monoisotopic (exact) mass is 666 g/mol. The minimum Gasteiger partial charge on any atom is -0.465 e. The van der Waals surface area contributed by atoms with Crippen LogP contribution in [0, 0.1) is 23.4 Å². The molecule has 10 nitrogen and oxygen atoms in total. The van der Waals surface area contributed by atoms with Gasteiger partial charge in [-0.2, -0.15) is 4.31 Å². The number of sulfonamides is 1. The van der Waals surface area contributed by atoms with Gasteiger partial charge >= 0.3 is 6.09 Å². The fraction of sp³-hybridized carbons (Fsp3) is 0.562. The third-order valence-electron chi connectivity index (χ3n) is 9.36. The van der Waals surface area contributed by atoms with Crippen LogP contribution in [0.1, 0.15) is 63.0 Å². The van der Waals surface area contributed by atoms with E-state index in [0.717, 1.165) is 12.5 Å². The van der Waals surface area contributed by atoms with Crippen LogP contribution in [0.2, 0.25) is 0 Å². The van der Waals surface area contributed by atoms with Crippen LogP contribution in [0.3, 0.4) is 0 Å². The number of nitrogens with zero attached hydrogens (tertiary/aromatic N) is 1. The molecule has 3 aliphatic rings. The van der Waals surface area contributed by atoms with Gasteiger partial charge in [-0.05, 0) is 88.1 Å². The summed E-state index contributed by atoms with van der Waals surface area (Å²) in [6.45, 7) is 4.82. The number of carboxylic acid groups (broad SMARTS) is 1. The summed E-state index contributed by atoms with van der Waals surface area (Å²) in [5, 5.41) is 18.1. The Bertz CT molecular complexity index is 1540. The summed E-state index contributed by atoms with van der Waals surface area (Å²) in [4.78, 5) is 26.0. The number of amides is 2. The Hall–Kier alpha value is -3.20. The minimum atomic E-state index is -3.51. The first kappa shape index (κ1) is 34.1. The van der Waals surface area contributed by atoms with Gasteiger partial charge < -0.3 is 25.8 Å². The van der Waals surface area contributed by atoms with E-state index in [1.807, 2.05) is 13.8 Å². The van der Waals surface area contributed by atoms with Gasteiger partial charge in [0.15, 0.2) is 11.6 Å². The highest BCUT2D eigenvalue weighted by molar-refractivity contribution is 7.89. The van der Waals surface area contributed by atoms with Crippen molar-refractivity contribution in [3.63, 3.8) is 0 Å². The molecule has 2 bridgehead atoms. The SMILES string of the molecule is CC1(C)CC([C@H](c2ccc(F)cc2)[C@H](NC(=O)O)C(=O)Nc2ccc(F)c(F)c2CC[C@H]2CN[C@@H]3CCCS(=O)(=O)N2C3)CCO1. The van der Waals surface area contributed by atoms with E-state index in [-0.39, 0.29) is 41.8 Å². The number of anilines is 1. The molecule has 3 heterocycles. The number of hydrogen-bond acceptors (Lipinski definition) is 6. The quantitative estimate of drug-likeness (QED) is 0.312. The zero-order valence-corrected chi connectivity index (χ0v) is 26.7. The molecule has 4 N–H and O–H groups in total. The molecule has 6 atom stereocenters. The van der Waals surface area contributed by atoms with Gasteiger partial charge in [-0.15, -0.1) is 0 Å². The van der Waals surface area contributed by atoms with Crippen LogP contribution in [0.15, 0.2) is 36.4 Å². The molecule has 14 heteroatoms. The molecule has 5 rings (SSSR count). The van der Waals surface area contributed by atoms with Crippen molar-refractivity contribution in [2.45, 2.75) is 82.0 Å². The molecule has 2 amide bonds. The smallest absolute Gasteiger partial charge is 0.405 e. The molecular formula is C32H41F3N4O6S. The Morgan fingerprint density at radius 2 is 1.87 bits per heavy atom. The normalized spacial score (nSPS) is 26.7. The second-order valence-electron chi connectivity index (χ2n) is 13.1. The third kappa shape index (κ3) is 7.84. The molecule has 46 heavy (non-hydrogen) atoms. The Kier molecular flexibility index (Phi) is 10.3. The summed E-state index contributed by atoms with van der Waals surface area (Å²) in [6, 6.07) is 5.74. The zero-order valence-electron chi connectivity index (χ0n) is 25.9. The predicted octanol–water partition coefficient (Wildman–Crippen LogP) is 4.37. The largest absolute Gasteiger partial charge is 0.465 e. The van der Waals surface area contributed by atoms with Crippen LogP contribution in [0.25, 0.3) is 0 Å². The van der Waals surface area contributed by atoms with Crippen LogP contribution < -0.4 is 16.0 Å². The number of ether oxygens (including phenoxy) is 1. The zero-order chi connectivity index (χ0) is 33.2. The van der Waals surface area contributed by atoms with Crippen molar-refractivity contribution in [3.05, 3.63) is 65.0 Å². The number of fused-ring (bicyclic) bond motifs is 2. The summed E-state index contributed by atoms with van der Waals surface area (Å²) in [7, 11) is -3.51.